The molecule has 0 aromatic rings. The Morgan fingerprint density at radius 3 is 2.13 bits per heavy atom. The molecule has 0 aliphatic rings. The summed E-state index contributed by atoms with van der Waals surface area (Å²) in [4.78, 5) is 0. The first-order chi connectivity index (χ1) is 6.91. The van der Waals surface area contributed by atoms with Gasteiger partial charge in [-0.25, -0.2) is 0 Å². The summed E-state index contributed by atoms with van der Waals surface area (Å²) < 4.78 is 5.51. The summed E-state index contributed by atoms with van der Waals surface area (Å²) in [6.45, 7) is 11.1. The lowest BCUT2D eigenvalue weighted by Crippen LogP contribution is -2.27. The van der Waals surface area contributed by atoms with Gasteiger partial charge in [-0.05, 0) is 19.8 Å². The van der Waals surface area contributed by atoms with Crippen LogP contribution in [-0.2, 0) is 4.74 Å². The molecular formula is C11H26B2O2. The van der Waals surface area contributed by atoms with Crippen molar-refractivity contribution < 1.29 is 9.84 Å². The zero-order chi connectivity index (χ0) is 11.8. The summed E-state index contributed by atoms with van der Waals surface area (Å²) in [5.41, 5.74) is 0. The summed E-state index contributed by atoms with van der Waals surface area (Å²) >= 11 is 0. The van der Waals surface area contributed by atoms with Gasteiger partial charge in [0.05, 0.1) is 19.9 Å². The van der Waals surface area contributed by atoms with Crippen molar-refractivity contribution >= 4 is 14.3 Å². The fourth-order valence-corrected chi connectivity index (χ4v) is 1.83. The van der Waals surface area contributed by atoms with Gasteiger partial charge in [0, 0.05) is 6.00 Å². The van der Waals surface area contributed by atoms with E-state index in [0.29, 0.717) is 6.61 Å². The van der Waals surface area contributed by atoms with Crippen LogP contribution in [0.4, 0.5) is 0 Å². The maximum absolute atomic E-state index is 9.07. The predicted molar refractivity (Wildman–Crippen MR) is 70.3 cm³/mol. The molecule has 88 valence electrons. The second-order valence-corrected chi connectivity index (χ2v) is 5.31. The predicted octanol–water partition coefficient (Wildman–Crippen LogP) is 1.37. The van der Waals surface area contributed by atoms with E-state index in [1.807, 2.05) is 0 Å². The lowest BCUT2D eigenvalue weighted by atomic mass is 9.31. The highest BCUT2D eigenvalue weighted by Crippen LogP contribution is 2.14. The van der Waals surface area contributed by atoms with Crippen LogP contribution in [0, 0.1) is 5.92 Å². The number of ether oxygens (including phenoxy) is 1. The monoisotopic (exact) mass is 212 g/mol. The highest BCUT2D eigenvalue weighted by molar-refractivity contribution is 7.01. The van der Waals surface area contributed by atoms with E-state index in [1.54, 1.807) is 6.92 Å². The Bertz CT molecular complexity index is 152. The Hall–Kier alpha value is 0.0499. The van der Waals surface area contributed by atoms with Gasteiger partial charge in [0.2, 0.25) is 0 Å². The number of aliphatic hydroxyl groups is 1. The molecule has 3 unspecified atom stereocenters. The fourth-order valence-electron chi connectivity index (χ4n) is 1.83. The molecule has 0 aliphatic carbocycles. The lowest BCUT2D eigenvalue weighted by molar-refractivity contribution is 0.0363. The van der Waals surface area contributed by atoms with E-state index in [4.69, 9.17) is 9.84 Å². The second kappa shape index (κ2) is 8.23. The largest absolute Gasteiger partial charge is 0.391 e. The second-order valence-electron chi connectivity index (χ2n) is 5.31. The van der Waals surface area contributed by atoms with Gasteiger partial charge in [-0.2, -0.15) is 0 Å². The average Bonchev–Trinajstić information content (AvgIpc) is 2.10. The van der Waals surface area contributed by atoms with Crippen LogP contribution in [0.1, 0.15) is 41.0 Å². The Balaban J connectivity index is 3.48. The van der Waals surface area contributed by atoms with Crippen molar-refractivity contribution in [2.24, 2.45) is 5.92 Å². The van der Waals surface area contributed by atoms with Gasteiger partial charge >= 0.3 is 0 Å². The van der Waals surface area contributed by atoms with E-state index in [2.05, 4.69) is 27.7 Å². The lowest BCUT2D eigenvalue weighted by Gasteiger charge is -2.16. The SMILES string of the molecule is CC(C)CC(C)BBC(C)OCC(C)O. The van der Waals surface area contributed by atoms with Crippen molar-refractivity contribution in [1.29, 1.82) is 0 Å². The molecule has 0 radical (unpaired) electrons. The molecule has 1 N–H and O–H groups in total. The van der Waals surface area contributed by atoms with Crippen LogP contribution in [0.15, 0.2) is 0 Å². The zero-order valence-corrected chi connectivity index (χ0v) is 11.0. The molecule has 0 rings (SSSR count). The molecule has 0 saturated heterocycles. The number of rotatable bonds is 8. The van der Waals surface area contributed by atoms with Crippen LogP contribution in [0.2, 0.25) is 5.82 Å². The third-order valence-electron chi connectivity index (χ3n) is 2.56. The van der Waals surface area contributed by atoms with E-state index >= 15 is 0 Å². The van der Waals surface area contributed by atoms with Crippen LogP contribution < -0.4 is 0 Å². The first-order valence-electron chi connectivity index (χ1n) is 6.21. The topological polar surface area (TPSA) is 29.5 Å². The summed E-state index contributed by atoms with van der Waals surface area (Å²) in [7, 11) is 2.32. The molecule has 0 heterocycles. The maximum Gasteiger partial charge on any atom is 0.123 e. The molecule has 2 nitrogen and oxygen atoms in total. The summed E-state index contributed by atoms with van der Waals surface area (Å²) in [5.74, 6) is 1.57. The molecule has 4 heteroatoms. The van der Waals surface area contributed by atoms with Crippen LogP contribution in [0.3, 0.4) is 0 Å². The van der Waals surface area contributed by atoms with Gasteiger partial charge in [-0.3, -0.25) is 0 Å². The van der Waals surface area contributed by atoms with E-state index < -0.39 is 0 Å². The summed E-state index contributed by atoms with van der Waals surface area (Å²) in [5, 5.41) is 9.07. The molecule has 15 heavy (non-hydrogen) atoms. The molecular weight excluding hydrogens is 186 g/mol. The molecule has 0 spiro atoms. The fraction of sp³-hybridized carbons (Fsp3) is 1.00. The van der Waals surface area contributed by atoms with E-state index in [0.717, 1.165) is 18.9 Å². The Kier molecular flexibility index (Phi) is 8.26. The average molecular weight is 212 g/mol. The minimum absolute atomic E-state index is 0.272. The van der Waals surface area contributed by atoms with Crippen molar-refractivity contribution in [2.45, 2.75) is 59.0 Å². The first-order valence-corrected chi connectivity index (χ1v) is 6.21. The third kappa shape index (κ3) is 10.3. The molecule has 0 bridgehead atoms. The molecule has 0 aromatic heterocycles. The van der Waals surface area contributed by atoms with Gasteiger partial charge in [-0.15, -0.1) is 0 Å². The van der Waals surface area contributed by atoms with Crippen LogP contribution >= 0.6 is 0 Å². The highest BCUT2D eigenvalue weighted by atomic mass is 16.5. The van der Waals surface area contributed by atoms with Crippen molar-refractivity contribution in [1.82, 2.24) is 0 Å². The van der Waals surface area contributed by atoms with Crippen molar-refractivity contribution in [2.75, 3.05) is 6.61 Å². The van der Waals surface area contributed by atoms with E-state index in [9.17, 15) is 0 Å². The quantitative estimate of drug-likeness (QED) is 0.615. The first kappa shape index (κ1) is 15.0. The molecule has 0 fully saturated rings. The number of hydrogen-bond donors (Lipinski definition) is 1. The maximum atomic E-state index is 9.07. The highest BCUT2D eigenvalue weighted by Gasteiger charge is 2.12. The van der Waals surface area contributed by atoms with Gasteiger partial charge in [0.25, 0.3) is 0 Å². The summed E-state index contributed by atoms with van der Waals surface area (Å²) in [6.07, 6.45) is 0.948. The molecule has 0 aromatic carbocycles. The van der Waals surface area contributed by atoms with Crippen molar-refractivity contribution in [3.63, 3.8) is 0 Å². The van der Waals surface area contributed by atoms with E-state index in [-0.39, 0.29) is 12.1 Å². The number of aliphatic hydroxyl groups excluding tert-OH is 1. The molecule has 0 saturated carbocycles. The minimum atomic E-state index is -0.347. The van der Waals surface area contributed by atoms with Crippen molar-refractivity contribution in [3.8, 4) is 0 Å². The Morgan fingerprint density at radius 1 is 1.07 bits per heavy atom. The number of hydrogen-bond acceptors (Lipinski definition) is 2. The zero-order valence-electron chi connectivity index (χ0n) is 11.0. The Labute approximate surface area is 96.3 Å². The molecule has 0 amide bonds. The van der Waals surface area contributed by atoms with Crippen LogP contribution in [-0.4, -0.2) is 38.2 Å². The third-order valence-corrected chi connectivity index (χ3v) is 2.56. The van der Waals surface area contributed by atoms with Gasteiger partial charge < -0.3 is 9.84 Å². The minimum Gasteiger partial charge on any atom is -0.391 e. The van der Waals surface area contributed by atoms with Gasteiger partial charge in [-0.1, -0.05) is 33.0 Å². The molecule has 3 atom stereocenters. The van der Waals surface area contributed by atoms with Gasteiger partial charge in [0.15, 0.2) is 0 Å². The van der Waals surface area contributed by atoms with Crippen molar-refractivity contribution in [3.05, 3.63) is 0 Å². The molecule has 0 aliphatic heterocycles. The van der Waals surface area contributed by atoms with Crippen LogP contribution in [0.5, 0.6) is 0 Å². The van der Waals surface area contributed by atoms with Crippen LogP contribution in [0.25, 0.3) is 0 Å². The van der Waals surface area contributed by atoms with Gasteiger partial charge in [0.1, 0.15) is 7.17 Å². The normalized spacial score (nSPS) is 17.3. The Morgan fingerprint density at radius 2 is 1.67 bits per heavy atom. The summed E-state index contributed by atoms with van der Waals surface area (Å²) in [6, 6.07) is 0.272. The standard InChI is InChI=1S/C11H26B2O2/c1-8(2)6-9(3)12-13-11(5)15-7-10(4)14/h8-14H,6-7H2,1-5H3. The van der Waals surface area contributed by atoms with E-state index in [1.165, 1.54) is 13.6 Å². The smallest absolute Gasteiger partial charge is 0.123 e.